The van der Waals surface area contributed by atoms with Gasteiger partial charge in [0.05, 0.1) is 36.9 Å². The number of carbonyl (C=O) groups excluding carboxylic acids is 1. The summed E-state index contributed by atoms with van der Waals surface area (Å²) in [5.74, 6) is 0.186. The fourth-order valence-electron chi connectivity index (χ4n) is 3.42. The van der Waals surface area contributed by atoms with Gasteiger partial charge in [0.25, 0.3) is 0 Å². The van der Waals surface area contributed by atoms with Crippen molar-refractivity contribution in [2.75, 3.05) is 13.1 Å². The van der Waals surface area contributed by atoms with E-state index in [2.05, 4.69) is 28.1 Å². The third kappa shape index (κ3) is 1.20. The second-order valence-electron chi connectivity index (χ2n) is 5.19. The molecule has 4 nitrogen and oxygen atoms in total. The number of fused-ring (bicyclic) bond motifs is 5. The molecular weight excluding hydrogens is 226 g/mol. The summed E-state index contributed by atoms with van der Waals surface area (Å²) in [7, 11) is 0. The number of nitrogens with zero attached hydrogens (tertiary/aromatic N) is 3. The van der Waals surface area contributed by atoms with Crippen LogP contribution in [0.5, 0.6) is 0 Å². The van der Waals surface area contributed by atoms with Gasteiger partial charge in [-0.05, 0) is 0 Å². The van der Waals surface area contributed by atoms with Gasteiger partial charge in [-0.1, -0.05) is 36.5 Å². The molecular formula is C14H15N3O. The zero-order valence-corrected chi connectivity index (χ0v) is 10.0. The van der Waals surface area contributed by atoms with Gasteiger partial charge in [0.15, 0.2) is 0 Å². The van der Waals surface area contributed by atoms with Gasteiger partial charge in [0.1, 0.15) is 0 Å². The first-order valence-electron chi connectivity index (χ1n) is 6.46. The van der Waals surface area contributed by atoms with Crippen molar-refractivity contribution in [1.29, 1.82) is 0 Å². The Morgan fingerprint density at radius 1 is 1.17 bits per heavy atom. The monoisotopic (exact) mass is 241 g/mol. The Labute approximate surface area is 106 Å². The van der Waals surface area contributed by atoms with Crippen molar-refractivity contribution in [3.63, 3.8) is 0 Å². The number of aliphatic imine (C=N–C) groups is 1. The minimum atomic E-state index is -0.0630. The van der Waals surface area contributed by atoms with Crippen LogP contribution in [0.3, 0.4) is 0 Å². The SMILES string of the molecule is O=C1C2C=CC=CC2N2C=NCC2C2C=CCN12. The summed E-state index contributed by atoms with van der Waals surface area (Å²) in [5.41, 5.74) is 0. The average molecular weight is 241 g/mol. The molecule has 1 fully saturated rings. The molecule has 4 rings (SSSR count). The number of carbonyl (C=O) groups is 1. The molecule has 0 aromatic carbocycles. The summed E-state index contributed by atoms with van der Waals surface area (Å²) in [6.45, 7) is 1.54. The van der Waals surface area contributed by atoms with Crippen LogP contribution in [0.4, 0.5) is 0 Å². The number of allylic oxidation sites excluding steroid dienone is 2. The number of amides is 1. The second-order valence-corrected chi connectivity index (χ2v) is 5.19. The van der Waals surface area contributed by atoms with E-state index in [9.17, 15) is 4.79 Å². The molecule has 92 valence electrons. The molecule has 0 N–H and O–H groups in total. The highest BCUT2D eigenvalue weighted by molar-refractivity contribution is 5.85. The van der Waals surface area contributed by atoms with E-state index >= 15 is 0 Å². The van der Waals surface area contributed by atoms with E-state index < -0.39 is 0 Å². The second kappa shape index (κ2) is 3.57. The maximum Gasteiger partial charge on any atom is 0.232 e. The van der Waals surface area contributed by atoms with E-state index in [1.54, 1.807) is 0 Å². The summed E-state index contributed by atoms with van der Waals surface area (Å²) < 4.78 is 0. The van der Waals surface area contributed by atoms with Crippen LogP contribution < -0.4 is 0 Å². The van der Waals surface area contributed by atoms with Gasteiger partial charge >= 0.3 is 0 Å². The van der Waals surface area contributed by atoms with Crippen LogP contribution in [-0.2, 0) is 4.79 Å². The zero-order valence-electron chi connectivity index (χ0n) is 10.0. The molecule has 1 saturated heterocycles. The Morgan fingerprint density at radius 2 is 2.06 bits per heavy atom. The highest BCUT2D eigenvalue weighted by Gasteiger charge is 2.46. The molecule has 0 bridgehead atoms. The maximum absolute atomic E-state index is 12.6. The quantitative estimate of drug-likeness (QED) is 0.582. The standard InChI is InChI=1S/C14H15N3O/c18-14-10-4-1-2-5-11(10)17-9-15-8-13(17)12-6-3-7-16(12)14/h1-6,9-13H,7-8H2. The first-order chi connectivity index (χ1) is 8.86. The third-order valence-corrected chi connectivity index (χ3v) is 4.30. The normalized spacial score (nSPS) is 39.9. The summed E-state index contributed by atoms with van der Waals surface area (Å²) in [4.78, 5) is 21.3. The minimum absolute atomic E-state index is 0.0630. The Balaban J connectivity index is 1.81. The summed E-state index contributed by atoms with van der Waals surface area (Å²) in [6.07, 6.45) is 14.3. The average Bonchev–Trinajstić information content (AvgIpc) is 3.04. The van der Waals surface area contributed by atoms with Crippen molar-refractivity contribution < 1.29 is 4.79 Å². The highest BCUT2D eigenvalue weighted by atomic mass is 16.2. The molecule has 4 aliphatic rings. The summed E-state index contributed by atoms with van der Waals surface area (Å²) in [5, 5.41) is 0. The van der Waals surface area contributed by atoms with Gasteiger partial charge in [0.2, 0.25) is 5.91 Å². The van der Waals surface area contributed by atoms with E-state index in [-0.39, 0.29) is 23.9 Å². The summed E-state index contributed by atoms with van der Waals surface area (Å²) >= 11 is 0. The highest BCUT2D eigenvalue weighted by Crippen LogP contribution is 2.33. The van der Waals surface area contributed by atoms with Crippen LogP contribution in [0.1, 0.15) is 0 Å². The molecule has 4 atom stereocenters. The van der Waals surface area contributed by atoms with E-state index in [0.717, 1.165) is 13.1 Å². The Bertz CT molecular complexity index is 505. The molecule has 3 heterocycles. The largest absolute Gasteiger partial charge is 0.348 e. The van der Waals surface area contributed by atoms with Crippen molar-refractivity contribution in [3.8, 4) is 0 Å². The molecule has 0 radical (unpaired) electrons. The van der Waals surface area contributed by atoms with Crippen molar-refractivity contribution >= 4 is 12.2 Å². The molecule has 0 saturated carbocycles. The molecule has 1 amide bonds. The fraction of sp³-hybridized carbons (Fsp3) is 0.429. The minimum Gasteiger partial charge on any atom is -0.348 e. The first-order valence-corrected chi connectivity index (χ1v) is 6.46. The Hall–Kier alpha value is -1.84. The van der Waals surface area contributed by atoms with Crippen LogP contribution in [0.15, 0.2) is 41.4 Å². The van der Waals surface area contributed by atoms with Crippen molar-refractivity contribution in [2.24, 2.45) is 10.9 Å². The molecule has 1 aliphatic carbocycles. The van der Waals surface area contributed by atoms with Crippen molar-refractivity contribution in [3.05, 3.63) is 36.5 Å². The third-order valence-electron chi connectivity index (χ3n) is 4.30. The van der Waals surface area contributed by atoms with Crippen LogP contribution in [-0.4, -0.2) is 53.3 Å². The molecule has 0 spiro atoms. The molecule has 0 aromatic rings. The molecule has 18 heavy (non-hydrogen) atoms. The van der Waals surface area contributed by atoms with E-state index in [1.165, 1.54) is 0 Å². The van der Waals surface area contributed by atoms with E-state index in [0.29, 0.717) is 6.04 Å². The lowest BCUT2D eigenvalue weighted by Gasteiger charge is -2.33. The molecule has 3 aliphatic heterocycles. The predicted octanol–water partition coefficient (Wildman–Crippen LogP) is 0.590. The van der Waals surface area contributed by atoms with E-state index in [4.69, 9.17) is 0 Å². The zero-order chi connectivity index (χ0) is 12.1. The topological polar surface area (TPSA) is 35.9 Å². The Morgan fingerprint density at radius 3 is 3.00 bits per heavy atom. The number of rotatable bonds is 0. The first kappa shape index (κ1) is 10.1. The number of hydrogen-bond donors (Lipinski definition) is 0. The van der Waals surface area contributed by atoms with Crippen LogP contribution in [0, 0.1) is 5.92 Å². The van der Waals surface area contributed by atoms with Crippen LogP contribution in [0.2, 0.25) is 0 Å². The van der Waals surface area contributed by atoms with Gasteiger partial charge in [-0.2, -0.15) is 0 Å². The van der Waals surface area contributed by atoms with Crippen LogP contribution in [0.25, 0.3) is 0 Å². The molecule has 4 unspecified atom stereocenters. The van der Waals surface area contributed by atoms with Crippen molar-refractivity contribution in [2.45, 2.75) is 18.1 Å². The fourth-order valence-corrected chi connectivity index (χ4v) is 3.42. The van der Waals surface area contributed by atoms with Gasteiger partial charge in [-0.15, -0.1) is 0 Å². The van der Waals surface area contributed by atoms with Crippen molar-refractivity contribution in [1.82, 2.24) is 9.80 Å². The smallest absolute Gasteiger partial charge is 0.232 e. The molecule has 4 heteroatoms. The lowest BCUT2D eigenvalue weighted by molar-refractivity contribution is -0.133. The summed E-state index contributed by atoms with van der Waals surface area (Å²) in [6, 6.07) is 0.629. The lowest BCUT2D eigenvalue weighted by Crippen LogP contribution is -2.47. The van der Waals surface area contributed by atoms with Gasteiger partial charge in [-0.3, -0.25) is 9.79 Å². The Kier molecular flexibility index (Phi) is 2.01. The predicted molar refractivity (Wildman–Crippen MR) is 69.2 cm³/mol. The lowest BCUT2D eigenvalue weighted by atomic mass is 9.93. The van der Waals surface area contributed by atoms with Gasteiger partial charge < -0.3 is 9.80 Å². The number of hydrogen-bond acceptors (Lipinski definition) is 3. The maximum atomic E-state index is 12.6. The van der Waals surface area contributed by atoms with E-state index in [1.807, 2.05) is 29.5 Å². The van der Waals surface area contributed by atoms with Gasteiger partial charge in [-0.25, -0.2) is 0 Å². The molecule has 0 aromatic heterocycles. The van der Waals surface area contributed by atoms with Gasteiger partial charge in [0, 0.05) is 6.54 Å². The van der Waals surface area contributed by atoms with Crippen LogP contribution >= 0.6 is 0 Å².